The molecule has 1 saturated carbocycles. The van der Waals surface area contributed by atoms with E-state index in [0.29, 0.717) is 0 Å². The van der Waals surface area contributed by atoms with E-state index in [2.05, 4.69) is 0 Å². The Labute approximate surface area is 128 Å². The van der Waals surface area contributed by atoms with Gasteiger partial charge in [-0.1, -0.05) is 24.3 Å². The molecule has 3 fully saturated rings. The van der Waals surface area contributed by atoms with Crippen molar-refractivity contribution < 1.29 is 23.8 Å². The molecule has 5 nitrogen and oxygen atoms in total. The van der Waals surface area contributed by atoms with Gasteiger partial charge in [-0.25, -0.2) is 0 Å². The van der Waals surface area contributed by atoms with Crippen LogP contribution in [-0.2, 0) is 23.8 Å². The summed E-state index contributed by atoms with van der Waals surface area (Å²) < 4.78 is 17.8. The maximum atomic E-state index is 13.1. The second-order valence-corrected chi connectivity index (χ2v) is 7.09. The van der Waals surface area contributed by atoms with E-state index < -0.39 is 34.2 Å². The first-order valence-electron chi connectivity index (χ1n) is 7.85. The van der Waals surface area contributed by atoms with Gasteiger partial charge in [-0.15, -0.1) is 0 Å². The number of ether oxygens (including phenoxy) is 3. The third kappa shape index (κ3) is 0.858. The first kappa shape index (κ1) is 13.0. The number of rotatable bonds is 2. The van der Waals surface area contributed by atoms with Gasteiger partial charge in [-0.05, 0) is 26.2 Å². The molecule has 5 rings (SSSR count). The standard InChI is InChI=1S/C17H18O5/c1-10(18)16-11-4-8-14(21-11)6-3-7-15(9-5-12(16)22-15)17(14,16)13(19)20-2/h4-5,8-9,11-12H,3,6-7H2,1-2H3/t11-,12+,14+,15-,16?,17?. The first-order chi connectivity index (χ1) is 10.5. The summed E-state index contributed by atoms with van der Waals surface area (Å²) in [6.45, 7) is 1.55. The number of Topliss-reactive ketones (excluding diaryl/α,β-unsaturated/α-hetero) is 1. The summed E-state index contributed by atoms with van der Waals surface area (Å²) in [5, 5.41) is 0. The minimum atomic E-state index is -1.09. The number of esters is 1. The van der Waals surface area contributed by atoms with Crippen LogP contribution in [0.1, 0.15) is 26.2 Å². The minimum Gasteiger partial charge on any atom is -0.468 e. The zero-order valence-electron chi connectivity index (χ0n) is 12.6. The van der Waals surface area contributed by atoms with Crippen molar-refractivity contribution in [2.45, 2.75) is 49.6 Å². The lowest BCUT2D eigenvalue weighted by atomic mass is 9.41. The molecule has 4 aliphatic heterocycles. The number of hydrogen-bond donors (Lipinski definition) is 0. The van der Waals surface area contributed by atoms with Crippen LogP contribution < -0.4 is 0 Å². The molecule has 2 saturated heterocycles. The molecule has 2 unspecified atom stereocenters. The van der Waals surface area contributed by atoms with Crippen LogP contribution in [0.3, 0.4) is 0 Å². The number of hydrogen-bond acceptors (Lipinski definition) is 5. The van der Waals surface area contributed by atoms with Crippen LogP contribution in [0.5, 0.6) is 0 Å². The summed E-state index contributed by atoms with van der Waals surface area (Å²) in [6, 6.07) is 0. The molecule has 0 aromatic rings. The van der Waals surface area contributed by atoms with E-state index in [0.717, 1.165) is 19.3 Å². The molecular weight excluding hydrogens is 284 g/mol. The second kappa shape index (κ2) is 3.39. The van der Waals surface area contributed by atoms with Gasteiger partial charge in [0.05, 0.1) is 19.3 Å². The normalized spacial score (nSPS) is 55.5. The van der Waals surface area contributed by atoms with E-state index in [-0.39, 0.29) is 11.8 Å². The highest BCUT2D eigenvalue weighted by molar-refractivity contribution is 5.99. The van der Waals surface area contributed by atoms with E-state index in [9.17, 15) is 9.59 Å². The summed E-state index contributed by atoms with van der Waals surface area (Å²) in [6.07, 6.45) is 9.34. The van der Waals surface area contributed by atoms with Gasteiger partial charge in [0, 0.05) is 0 Å². The lowest BCUT2D eigenvalue weighted by Gasteiger charge is -2.55. The summed E-state index contributed by atoms with van der Waals surface area (Å²) in [4.78, 5) is 26.0. The summed E-state index contributed by atoms with van der Waals surface area (Å²) in [5.41, 5.74) is -3.66. The second-order valence-electron chi connectivity index (χ2n) is 7.09. The molecule has 0 amide bonds. The average molecular weight is 302 g/mol. The molecule has 1 aliphatic carbocycles. The molecule has 4 heterocycles. The summed E-state index contributed by atoms with van der Waals surface area (Å²) in [5.74, 6) is -0.423. The van der Waals surface area contributed by atoms with Gasteiger partial charge in [0.15, 0.2) is 5.41 Å². The Balaban J connectivity index is 1.93. The van der Waals surface area contributed by atoms with Crippen molar-refractivity contribution in [3.8, 4) is 0 Å². The van der Waals surface area contributed by atoms with Crippen LogP contribution in [0.15, 0.2) is 24.3 Å². The highest BCUT2D eigenvalue weighted by Gasteiger charge is 2.93. The van der Waals surface area contributed by atoms with Crippen LogP contribution in [0, 0.1) is 10.8 Å². The Morgan fingerprint density at radius 2 is 1.64 bits per heavy atom. The van der Waals surface area contributed by atoms with Crippen molar-refractivity contribution in [1.82, 2.24) is 0 Å². The van der Waals surface area contributed by atoms with E-state index in [1.165, 1.54) is 7.11 Å². The van der Waals surface area contributed by atoms with Crippen LogP contribution in [0.25, 0.3) is 0 Å². The number of carbonyl (C=O) groups is 2. The van der Waals surface area contributed by atoms with Crippen LogP contribution in [0.4, 0.5) is 0 Å². The van der Waals surface area contributed by atoms with Crippen LogP contribution in [0.2, 0.25) is 0 Å². The van der Waals surface area contributed by atoms with Crippen molar-refractivity contribution in [3.05, 3.63) is 24.3 Å². The molecule has 5 heteroatoms. The van der Waals surface area contributed by atoms with E-state index in [4.69, 9.17) is 14.2 Å². The summed E-state index contributed by atoms with van der Waals surface area (Å²) >= 11 is 0. The maximum Gasteiger partial charge on any atom is 0.319 e. The van der Waals surface area contributed by atoms with Crippen molar-refractivity contribution in [2.75, 3.05) is 7.11 Å². The Morgan fingerprint density at radius 1 is 1.09 bits per heavy atom. The van der Waals surface area contributed by atoms with Crippen LogP contribution in [-0.4, -0.2) is 42.3 Å². The largest absolute Gasteiger partial charge is 0.468 e. The van der Waals surface area contributed by atoms with E-state index in [1.807, 2.05) is 24.3 Å². The smallest absolute Gasteiger partial charge is 0.319 e. The van der Waals surface area contributed by atoms with Gasteiger partial charge in [-0.3, -0.25) is 9.59 Å². The number of methoxy groups -OCH3 is 1. The van der Waals surface area contributed by atoms with Crippen molar-refractivity contribution >= 4 is 11.8 Å². The van der Waals surface area contributed by atoms with Gasteiger partial charge >= 0.3 is 5.97 Å². The quantitative estimate of drug-likeness (QED) is 0.569. The van der Waals surface area contributed by atoms with Gasteiger partial charge < -0.3 is 14.2 Å². The lowest BCUT2D eigenvalue weighted by Crippen LogP contribution is -2.71. The fraction of sp³-hybridized carbons (Fsp3) is 0.647. The van der Waals surface area contributed by atoms with E-state index in [1.54, 1.807) is 6.92 Å². The molecule has 5 aliphatic rings. The van der Waals surface area contributed by atoms with Gasteiger partial charge in [0.25, 0.3) is 0 Å². The van der Waals surface area contributed by atoms with Crippen molar-refractivity contribution in [1.29, 1.82) is 0 Å². The Hall–Kier alpha value is -1.46. The van der Waals surface area contributed by atoms with Gasteiger partial charge in [0.1, 0.15) is 22.4 Å². The Kier molecular flexibility index (Phi) is 2.00. The fourth-order valence-electron chi connectivity index (χ4n) is 6.26. The highest BCUT2D eigenvalue weighted by atomic mass is 16.6. The highest BCUT2D eigenvalue weighted by Crippen LogP contribution is 2.79. The molecule has 0 radical (unpaired) electrons. The molecule has 22 heavy (non-hydrogen) atoms. The summed E-state index contributed by atoms with van der Waals surface area (Å²) in [7, 11) is 1.39. The monoisotopic (exact) mass is 302 g/mol. The number of fused-ring (bicyclic) bond motifs is 4. The Morgan fingerprint density at radius 3 is 2.09 bits per heavy atom. The van der Waals surface area contributed by atoms with Gasteiger partial charge in [0.2, 0.25) is 0 Å². The SMILES string of the molecule is COC(=O)C12C3(C(C)=O)[C@@H]4C=C[C@@]1(CCC[C@]21C=C[C@H]3O1)O4. The zero-order valence-corrected chi connectivity index (χ0v) is 12.6. The predicted octanol–water partition coefficient (Wildman–Crippen LogP) is 1.32. The predicted molar refractivity (Wildman–Crippen MR) is 74.9 cm³/mol. The third-order valence-electron chi connectivity index (χ3n) is 6.71. The molecule has 0 aromatic carbocycles. The van der Waals surface area contributed by atoms with Crippen LogP contribution >= 0.6 is 0 Å². The first-order valence-corrected chi connectivity index (χ1v) is 7.85. The molecule has 0 N–H and O–H groups in total. The van der Waals surface area contributed by atoms with E-state index >= 15 is 0 Å². The molecule has 0 aromatic heterocycles. The number of ketones is 1. The maximum absolute atomic E-state index is 13.1. The molecule has 4 bridgehead atoms. The molecule has 6 atom stereocenters. The molecule has 2 spiro atoms. The molecular formula is C17H18O5. The topological polar surface area (TPSA) is 61.8 Å². The zero-order chi connectivity index (χ0) is 15.4. The number of carbonyl (C=O) groups excluding carboxylic acids is 2. The average Bonchev–Trinajstić information content (AvgIpc) is 3.21. The van der Waals surface area contributed by atoms with Crippen molar-refractivity contribution in [2.24, 2.45) is 10.8 Å². The fourth-order valence-corrected chi connectivity index (χ4v) is 6.26. The molecule has 116 valence electrons. The van der Waals surface area contributed by atoms with Crippen molar-refractivity contribution in [3.63, 3.8) is 0 Å². The Bertz CT molecular complexity index is 641. The van der Waals surface area contributed by atoms with Gasteiger partial charge in [-0.2, -0.15) is 0 Å². The minimum absolute atomic E-state index is 0.0488. The third-order valence-corrected chi connectivity index (χ3v) is 6.71. The lowest BCUT2D eigenvalue weighted by molar-refractivity contribution is -0.191.